The maximum Gasteiger partial charge on any atom is 0.218 e. The highest BCUT2D eigenvalue weighted by molar-refractivity contribution is 7.47. The van der Waals surface area contributed by atoms with Crippen molar-refractivity contribution in [3.05, 3.63) is 48.5 Å². The van der Waals surface area contributed by atoms with Crippen molar-refractivity contribution in [1.29, 1.82) is 0 Å². The maximum absolute atomic E-state index is 10.9. The van der Waals surface area contributed by atoms with Gasteiger partial charge in [0.25, 0.3) is 0 Å². The van der Waals surface area contributed by atoms with Crippen molar-refractivity contribution in [2.75, 3.05) is 7.11 Å². The Labute approximate surface area is 101 Å². The van der Waals surface area contributed by atoms with Crippen molar-refractivity contribution in [3.63, 3.8) is 0 Å². The lowest BCUT2D eigenvalue weighted by Gasteiger charge is -2.08. The number of para-hydroxylation sites is 1. The van der Waals surface area contributed by atoms with Gasteiger partial charge in [0.05, 0.1) is 7.11 Å². The molecule has 0 fully saturated rings. The van der Waals surface area contributed by atoms with Crippen LogP contribution in [0.2, 0.25) is 0 Å². The van der Waals surface area contributed by atoms with Gasteiger partial charge >= 0.3 is 0 Å². The molecule has 0 aliphatic rings. The second kappa shape index (κ2) is 5.17. The summed E-state index contributed by atoms with van der Waals surface area (Å²) in [5, 5.41) is 0.466. The van der Waals surface area contributed by atoms with Crippen molar-refractivity contribution in [1.82, 2.24) is 0 Å². The molecule has 1 unspecified atom stereocenters. The van der Waals surface area contributed by atoms with E-state index >= 15 is 0 Å². The molecule has 0 aliphatic carbocycles. The molecule has 2 aromatic rings. The summed E-state index contributed by atoms with van der Waals surface area (Å²) >= 11 is 0. The van der Waals surface area contributed by atoms with Crippen molar-refractivity contribution in [2.24, 2.45) is 0 Å². The summed E-state index contributed by atoms with van der Waals surface area (Å²) in [5.41, 5.74) is 1.94. The van der Waals surface area contributed by atoms with E-state index in [-0.39, 0.29) is 0 Å². The van der Waals surface area contributed by atoms with Gasteiger partial charge in [-0.1, -0.05) is 30.3 Å². The Morgan fingerprint density at radius 1 is 1.06 bits per heavy atom. The normalized spacial score (nSPS) is 12.1. The topological polar surface area (TPSA) is 46.5 Å². The van der Waals surface area contributed by atoms with Crippen LogP contribution in [-0.4, -0.2) is 12.0 Å². The molecule has 0 bridgehead atoms. The minimum atomic E-state index is -2.61. The van der Waals surface area contributed by atoms with Gasteiger partial charge in [0.2, 0.25) is 8.03 Å². The average Bonchev–Trinajstić information content (AvgIpc) is 2.39. The first-order chi connectivity index (χ1) is 8.22. The van der Waals surface area contributed by atoms with Crippen molar-refractivity contribution < 1.29 is 14.2 Å². The van der Waals surface area contributed by atoms with Crippen LogP contribution in [-0.2, 0) is 4.57 Å². The summed E-state index contributed by atoms with van der Waals surface area (Å²) in [6, 6.07) is 14.7. The van der Waals surface area contributed by atoms with Crippen molar-refractivity contribution in [2.45, 2.75) is 0 Å². The molecule has 2 rings (SSSR count). The van der Waals surface area contributed by atoms with E-state index in [1.165, 1.54) is 0 Å². The molecule has 0 amide bonds. The Morgan fingerprint density at radius 3 is 2.29 bits per heavy atom. The van der Waals surface area contributed by atoms with Crippen LogP contribution in [0.3, 0.4) is 0 Å². The fourth-order valence-electron chi connectivity index (χ4n) is 1.68. The molecule has 4 heteroatoms. The molecule has 0 saturated heterocycles. The molecule has 0 spiro atoms. The largest absolute Gasteiger partial charge is 0.496 e. The second-order valence-electron chi connectivity index (χ2n) is 3.58. The van der Waals surface area contributed by atoms with E-state index in [1.54, 1.807) is 19.2 Å². The smallest absolute Gasteiger partial charge is 0.218 e. The zero-order chi connectivity index (χ0) is 12.3. The van der Waals surface area contributed by atoms with Crippen LogP contribution < -0.4 is 10.0 Å². The van der Waals surface area contributed by atoms with E-state index in [0.29, 0.717) is 5.30 Å². The van der Waals surface area contributed by atoms with Crippen LogP contribution in [0.5, 0.6) is 5.75 Å². The predicted molar refractivity (Wildman–Crippen MR) is 69.3 cm³/mol. The van der Waals surface area contributed by atoms with Gasteiger partial charge in [-0.25, -0.2) is 0 Å². The molecule has 0 saturated carbocycles. The predicted octanol–water partition coefficient (Wildman–Crippen LogP) is 2.45. The van der Waals surface area contributed by atoms with E-state index in [4.69, 9.17) is 9.63 Å². The summed E-state index contributed by atoms with van der Waals surface area (Å²) < 4.78 is 16.2. The van der Waals surface area contributed by atoms with Crippen LogP contribution in [0, 0.1) is 0 Å². The van der Waals surface area contributed by atoms with E-state index in [2.05, 4.69) is 0 Å². The average molecular weight is 248 g/mol. The third kappa shape index (κ3) is 2.57. The molecule has 0 aliphatic heterocycles. The van der Waals surface area contributed by atoms with Gasteiger partial charge in [0.15, 0.2) is 0 Å². The molecule has 3 nitrogen and oxygen atoms in total. The summed E-state index contributed by atoms with van der Waals surface area (Å²) in [4.78, 5) is 9.01. The number of rotatable bonds is 3. The zero-order valence-corrected chi connectivity index (χ0v) is 10.4. The Morgan fingerprint density at radius 2 is 1.71 bits per heavy atom. The van der Waals surface area contributed by atoms with Gasteiger partial charge in [0.1, 0.15) is 5.75 Å². The first kappa shape index (κ1) is 11.9. The van der Waals surface area contributed by atoms with E-state index < -0.39 is 8.03 Å². The Hall–Kier alpha value is -1.57. The third-order valence-electron chi connectivity index (χ3n) is 2.55. The molecular formula is C13H13O3P. The first-order valence-electron chi connectivity index (χ1n) is 5.19. The van der Waals surface area contributed by atoms with E-state index in [0.717, 1.165) is 16.9 Å². The van der Waals surface area contributed by atoms with E-state index in [9.17, 15) is 4.57 Å². The molecule has 1 N–H and O–H groups in total. The number of methoxy groups -OCH3 is 1. The lowest BCUT2D eigenvalue weighted by atomic mass is 10.1. The number of benzene rings is 2. The van der Waals surface area contributed by atoms with Gasteiger partial charge in [-0.05, 0) is 23.8 Å². The number of hydrogen-bond acceptors (Lipinski definition) is 2. The first-order valence-corrected chi connectivity index (χ1v) is 6.54. The maximum atomic E-state index is 10.9. The van der Waals surface area contributed by atoms with E-state index in [1.807, 2.05) is 36.4 Å². The lowest BCUT2D eigenvalue weighted by molar-refractivity contribution is 0.416. The molecule has 0 aromatic heterocycles. The number of hydrogen-bond donors (Lipinski definition) is 1. The minimum Gasteiger partial charge on any atom is -0.496 e. The monoisotopic (exact) mass is 248 g/mol. The zero-order valence-electron chi connectivity index (χ0n) is 9.38. The van der Waals surface area contributed by atoms with Gasteiger partial charge in [-0.15, -0.1) is 0 Å². The SMILES string of the molecule is COc1ccccc1-c1ccc([PH](=O)O)cc1. The van der Waals surface area contributed by atoms with Gasteiger partial charge in [0, 0.05) is 10.9 Å². The fourth-order valence-corrected chi connectivity index (χ4v) is 2.13. The lowest BCUT2D eigenvalue weighted by Crippen LogP contribution is -1.95. The van der Waals surface area contributed by atoms with Crippen LogP contribution in [0.4, 0.5) is 0 Å². The summed E-state index contributed by atoms with van der Waals surface area (Å²) in [6.45, 7) is 0. The standard InChI is InChI=1S/C13H13O3P/c1-16-13-5-3-2-4-12(13)10-6-8-11(9-7-10)17(14)15/h2-9,17H,1H3,(H,14,15). The molecule has 0 heterocycles. The number of ether oxygens (including phenoxy) is 1. The van der Waals surface area contributed by atoms with Gasteiger partial charge < -0.3 is 9.63 Å². The molecule has 0 radical (unpaired) electrons. The summed E-state index contributed by atoms with van der Waals surface area (Å²) in [5.74, 6) is 0.789. The Kier molecular flexibility index (Phi) is 3.62. The highest BCUT2D eigenvalue weighted by Crippen LogP contribution is 2.29. The Bertz CT molecular complexity index is 535. The second-order valence-corrected chi connectivity index (χ2v) is 4.77. The molecule has 17 heavy (non-hydrogen) atoms. The minimum absolute atomic E-state index is 0.466. The highest BCUT2D eigenvalue weighted by Gasteiger charge is 2.05. The third-order valence-corrected chi connectivity index (χ3v) is 3.38. The van der Waals surface area contributed by atoms with Crippen LogP contribution in [0.1, 0.15) is 0 Å². The van der Waals surface area contributed by atoms with Crippen LogP contribution in [0.25, 0.3) is 11.1 Å². The summed E-state index contributed by atoms with van der Waals surface area (Å²) in [7, 11) is -0.982. The van der Waals surface area contributed by atoms with Crippen molar-refractivity contribution >= 4 is 13.3 Å². The van der Waals surface area contributed by atoms with Crippen LogP contribution >= 0.6 is 8.03 Å². The van der Waals surface area contributed by atoms with Crippen LogP contribution in [0.15, 0.2) is 48.5 Å². The molecule has 2 aromatic carbocycles. The fraction of sp³-hybridized carbons (Fsp3) is 0.0769. The molecule has 1 atom stereocenters. The van der Waals surface area contributed by atoms with Gasteiger partial charge in [-0.2, -0.15) is 0 Å². The summed E-state index contributed by atoms with van der Waals surface area (Å²) in [6.07, 6.45) is 0. The molecular weight excluding hydrogens is 235 g/mol. The molecule has 88 valence electrons. The van der Waals surface area contributed by atoms with Gasteiger partial charge in [-0.3, -0.25) is 4.57 Å². The Balaban J connectivity index is 2.43. The van der Waals surface area contributed by atoms with Crippen molar-refractivity contribution in [3.8, 4) is 16.9 Å². The quantitative estimate of drug-likeness (QED) is 0.849. The highest BCUT2D eigenvalue weighted by atomic mass is 31.1.